The van der Waals surface area contributed by atoms with Crippen LogP contribution in [0.4, 0.5) is 0 Å². The van der Waals surface area contributed by atoms with Crippen LogP contribution in [0.15, 0.2) is 60.7 Å². The Balaban J connectivity index is 2.22. The fourth-order valence-electron chi connectivity index (χ4n) is 3.07. The molecule has 1 heterocycles. The largest absolute Gasteiger partial charge is 0.478 e. The number of rotatable bonds is 2. The molecule has 4 aromatic rings. The standard InChI is InChI=1S/C20H11Cl2NO2/c21-11-5-7-15-17(9-11)23-18-10-12(22)6-8-16(18)19(15)13-3-1-2-4-14(13)20(24)25/h1-10H,(H,24,25). The van der Waals surface area contributed by atoms with Crippen LogP contribution in [0, 0.1) is 0 Å². The number of aromatic carboxylic acids is 1. The zero-order valence-corrected chi connectivity index (χ0v) is 14.3. The minimum Gasteiger partial charge on any atom is -0.478 e. The number of nitrogens with zero attached hydrogens (tertiary/aromatic N) is 1. The Morgan fingerprint density at radius 2 is 1.40 bits per heavy atom. The van der Waals surface area contributed by atoms with Gasteiger partial charge in [0.2, 0.25) is 0 Å². The Labute approximate surface area is 153 Å². The second-order valence-electron chi connectivity index (χ2n) is 5.66. The molecule has 0 bridgehead atoms. The normalized spacial score (nSPS) is 11.1. The monoisotopic (exact) mass is 367 g/mol. The summed E-state index contributed by atoms with van der Waals surface area (Å²) in [6.07, 6.45) is 0. The highest BCUT2D eigenvalue weighted by molar-refractivity contribution is 6.32. The molecular formula is C20H11Cl2NO2. The van der Waals surface area contributed by atoms with E-state index in [0.29, 0.717) is 26.6 Å². The number of fused-ring (bicyclic) bond motifs is 2. The molecule has 1 N–H and O–H groups in total. The highest BCUT2D eigenvalue weighted by Crippen LogP contribution is 2.38. The molecule has 0 fully saturated rings. The van der Waals surface area contributed by atoms with Crippen molar-refractivity contribution in [2.75, 3.05) is 0 Å². The fourth-order valence-corrected chi connectivity index (χ4v) is 3.40. The molecule has 0 radical (unpaired) electrons. The minimum atomic E-state index is -0.975. The summed E-state index contributed by atoms with van der Waals surface area (Å²) in [5.41, 5.74) is 3.07. The van der Waals surface area contributed by atoms with E-state index in [9.17, 15) is 9.90 Å². The molecule has 0 amide bonds. The molecule has 25 heavy (non-hydrogen) atoms. The average Bonchev–Trinajstić information content (AvgIpc) is 2.59. The second-order valence-corrected chi connectivity index (χ2v) is 6.53. The highest BCUT2D eigenvalue weighted by atomic mass is 35.5. The van der Waals surface area contributed by atoms with E-state index < -0.39 is 5.97 Å². The summed E-state index contributed by atoms with van der Waals surface area (Å²) in [4.78, 5) is 16.4. The van der Waals surface area contributed by atoms with Crippen LogP contribution in [0.1, 0.15) is 10.4 Å². The average molecular weight is 368 g/mol. The van der Waals surface area contributed by atoms with Crippen LogP contribution >= 0.6 is 23.2 Å². The molecule has 1 aromatic heterocycles. The Bertz CT molecular complexity index is 1100. The first-order valence-electron chi connectivity index (χ1n) is 7.56. The van der Waals surface area contributed by atoms with Crippen molar-refractivity contribution >= 4 is 51.0 Å². The van der Waals surface area contributed by atoms with Gasteiger partial charge in [-0.3, -0.25) is 0 Å². The lowest BCUT2D eigenvalue weighted by molar-refractivity contribution is 0.0698. The first kappa shape index (κ1) is 15.9. The maximum absolute atomic E-state index is 11.7. The van der Waals surface area contributed by atoms with E-state index in [4.69, 9.17) is 23.2 Å². The van der Waals surface area contributed by atoms with E-state index in [1.54, 1.807) is 42.5 Å². The smallest absolute Gasteiger partial charge is 0.336 e. The van der Waals surface area contributed by atoms with E-state index >= 15 is 0 Å². The van der Waals surface area contributed by atoms with Crippen LogP contribution < -0.4 is 0 Å². The Morgan fingerprint density at radius 3 is 1.96 bits per heavy atom. The van der Waals surface area contributed by atoms with Gasteiger partial charge < -0.3 is 5.11 Å². The van der Waals surface area contributed by atoms with Gasteiger partial charge in [0.25, 0.3) is 0 Å². The third kappa shape index (κ3) is 2.72. The number of halogens is 2. The molecule has 4 rings (SSSR count). The third-order valence-electron chi connectivity index (χ3n) is 4.13. The van der Waals surface area contributed by atoms with Crippen molar-refractivity contribution in [2.45, 2.75) is 0 Å². The van der Waals surface area contributed by atoms with Crippen molar-refractivity contribution in [3.05, 3.63) is 76.3 Å². The molecule has 0 aliphatic rings. The minimum absolute atomic E-state index is 0.237. The van der Waals surface area contributed by atoms with Gasteiger partial charge in [0.15, 0.2) is 0 Å². The van der Waals surface area contributed by atoms with E-state index in [1.807, 2.05) is 18.2 Å². The maximum atomic E-state index is 11.7. The van der Waals surface area contributed by atoms with Crippen molar-refractivity contribution in [3.8, 4) is 11.1 Å². The van der Waals surface area contributed by atoms with Crippen LogP contribution in [0.25, 0.3) is 32.9 Å². The van der Waals surface area contributed by atoms with Gasteiger partial charge in [-0.05, 0) is 35.9 Å². The van der Waals surface area contributed by atoms with Crippen LogP contribution in [0.2, 0.25) is 10.0 Å². The molecule has 5 heteroatoms. The van der Waals surface area contributed by atoms with Gasteiger partial charge in [-0.2, -0.15) is 0 Å². The Kier molecular flexibility index (Phi) is 3.83. The van der Waals surface area contributed by atoms with Crippen LogP contribution in [-0.4, -0.2) is 16.1 Å². The summed E-state index contributed by atoms with van der Waals surface area (Å²) >= 11 is 12.2. The van der Waals surface area contributed by atoms with Crippen molar-refractivity contribution < 1.29 is 9.90 Å². The van der Waals surface area contributed by atoms with Crippen molar-refractivity contribution in [1.82, 2.24) is 4.98 Å². The number of hydrogen-bond acceptors (Lipinski definition) is 2. The summed E-state index contributed by atoms with van der Waals surface area (Å²) < 4.78 is 0. The summed E-state index contributed by atoms with van der Waals surface area (Å²) in [5.74, 6) is -0.975. The van der Waals surface area contributed by atoms with Crippen LogP contribution in [0.5, 0.6) is 0 Å². The first-order valence-corrected chi connectivity index (χ1v) is 8.31. The van der Waals surface area contributed by atoms with Crippen molar-refractivity contribution in [1.29, 1.82) is 0 Å². The van der Waals surface area contributed by atoms with Gasteiger partial charge in [-0.25, -0.2) is 9.78 Å². The molecule has 3 aromatic carbocycles. The van der Waals surface area contributed by atoms with E-state index in [1.165, 1.54) is 0 Å². The summed E-state index contributed by atoms with van der Waals surface area (Å²) in [6, 6.07) is 17.8. The summed E-state index contributed by atoms with van der Waals surface area (Å²) in [7, 11) is 0. The van der Waals surface area contributed by atoms with Gasteiger partial charge in [-0.15, -0.1) is 0 Å². The molecule has 0 unspecified atom stereocenters. The summed E-state index contributed by atoms with van der Waals surface area (Å²) in [5, 5.41) is 12.4. The van der Waals surface area contributed by atoms with E-state index in [0.717, 1.165) is 16.3 Å². The number of carbonyl (C=O) groups is 1. The Hall–Kier alpha value is -2.62. The molecule has 0 aliphatic heterocycles. The molecule has 0 saturated carbocycles. The lowest BCUT2D eigenvalue weighted by Crippen LogP contribution is -2.00. The zero-order chi connectivity index (χ0) is 17.6. The predicted octanol–water partition coefficient (Wildman–Crippen LogP) is 6.06. The lowest BCUT2D eigenvalue weighted by atomic mass is 9.93. The Morgan fingerprint density at radius 1 is 0.840 bits per heavy atom. The molecule has 3 nitrogen and oxygen atoms in total. The molecule has 0 aliphatic carbocycles. The fraction of sp³-hybridized carbons (Fsp3) is 0. The highest BCUT2D eigenvalue weighted by Gasteiger charge is 2.17. The quantitative estimate of drug-likeness (QED) is 0.438. The van der Waals surface area contributed by atoms with Gasteiger partial charge in [-0.1, -0.05) is 53.5 Å². The number of carboxylic acid groups (broad SMARTS) is 1. The van der Waals surface area contributed by atoms with Crippen LogP contribution in [-0.2, 0) is 0 Å². The van der Waals surface area contributed by atoms with Gasteiger partial charge in [0.1, 0.15) is 0 Å². The SMILES string of the molecule is O=C(O)c1ccccc1-c1c2ccc(Cl)cc2nc2cc(Cl)ccc12. The number of benzene rings is 3. The van der Waals surface area contributed by atoms with E-state index in [-0.39, 0.29) is 5.56 Å². The lowest BCUT2D eigenvalue weighted by Gasteiger charge is -2.14. The van der Waals surface area contributed by atoms with Gasteiger partial charge >= 0.3 is 5.97 Å². The molecule has 0 atom stereocenters. The number of pyridine rings is 1. The summed E-state index contributed by atoms with van der Waals surface area (Å²) in [6.45, 7) is 0. The first-order chi connectivity index (χ1) is 12.0. The number of hydrogen-bond donors (Lipinski definition) is 1. The molecular weight excluding hydrogens is 357 g/mol. The molecule has 122 valence electrons. The van der Waals surface area contributed by atoms with Gasteiger partial charge in [0.05, 0.1) is 16.6 Å². The molecule has 0 saturated heterocycles. The van der Waals surface area contributed by atoms with Crippen LogP contribution in [0.3, 0.4) is 0 Å². The third-order valence-corrected chi connectivity index (χ3v) is 4.60. The second kappa shape index (κ2) is 6.03. The topological polar surface area (TPSA) is 50.2 Å². The zero-order valence-electron chi connectivity index (χ0n) is 12.8. The maximum Gasteiger partial charge on any atom is 0.336 e. The van der Waals surface area contributed by atoms with Gasteiger partial charge in [0, 0.05) is 26.4 Å². The number of aromatic nitrogens is 1. The van der Waals surface area contributed by atoms with E-state index in [2.05, 4.69) is 4.98 Å². The molecule has 0 spiro atoms. The predicted molar refractivity (Wildman–Crippen MR) is 102 cm³/mol. The van der Waals surface area contributed by atoms with Crippen molar-refractivity contribution in [2.24, 2.45) is 0 Å². The van der Waals surface area contributed by atoms with Crippen molar-refractivity contribution in [3.63, 3.8) is 0 Å². The number of carboxylic acids is 1.